The summed E-state index contributed by atoms with van der Waals surface area (Å²) in [5, 5.41) is 9.99. The Labute approximate surface area is 86.4 Å². The summed E-state index contributed by atoms with van der Waals surface area (Å²) in [6.45, 7) is 1.33. The summed E-state index contributed by atoms with van der Waals surface area (Å²) in [5.74, 6) is 0. The van der Waals surface area contributed by atoms with Gasteiger partial charge in [0.2, 0.25) is 0 Å². The van der Waals surface area contributed by atoms with E-state index in [4.69, 9.17) is 5.73 Å². The zero-order valence-corrected chi connectivity index (χ0v) is 8.57. The molecule has 0 aliphatic heterocycles. The molecule has 0 spiro atoms. The molecule has 0 atom stereocenters. The van der Waals surface area contributed by atoms with Crippen molar-refractivity contribution >= 4 is 11.3 Å². The van der Waals surface area contributed by atoms with Gasteiger partial charge in [0.1, 0.15) is 0 Å². The number of rotatable bonds is 4. The van der Waals surface area contributed by atoms with Crippen LogP contribution in [0.15, 0.2) is 23.7 Å². The van der Waals surface area contributed by atoms with Crippen molar-refractivity contribution in [1.29, 1.82) is 0 Å². The summed E-state index contributed by atoms with van der Waals surface area (Å²) in [6, 6.07) is 4.19. The minimum absolute atomic E-state index is 0.457. The van der Waals surface area contributed by atoms with Gasteiger partial charge in [0, 0.05) is 30.6 Å². The van der Waals surface area contributed by atoms with Crippen molar-refractivity contribution in [2.45, 2.75) is 19.5 Å². The molecule has 0 aliphatic rings. The van der Waals surface area contributed by atoms with E-state index in [1.807, 2.05) is 10.9 Å². The Hall–Kier alpha value is -1.20. The minimum atomic E-state index is 0.457. The van der Waals surface area contributed by atoms with Gasteiger partial charge in [0.05, 0.1) is 5.69 Å². The van der Waals surface area contributed by atoms with Crippen LogP contribution in [-0.2, 0) is 19.5 Å². The van der Waals surface area contributed by atoms with E-state index in [0.29, 0.717) is 6.54 Å². The van der Waals surface area contributed by atoms with Crippen molar-refractivity contribution in [2.24, 2.45) is 5.73 Å². The lowest BCUT2D eigenvalue weighted by Gasteiger charge is -1.96. The summed E-state index contributed by atoms with van der Waals surface area (Å²) in [6.07, 6.45) is 2.90. The smallest absolute Gasteiger partial charge is 0.0962 e. The topological polar surface area (TPSA) is 56.7 Å². The highest BCUT2D eigenvalue weighted by molar-refractivity contribution is 7.09. The highest BCUT2D eigenvalue weighted by Gasteiger charge is 1.99. The number of nitrogens with two attached hydrogens (primary N) is 1. The largest absolute Gasteiger partial charge is 0.325 e. The van der Waals surface area contributed by atoms with Crippen molar-refractivity contribution in [3.63, 3.8) is 0 Å². The Balaban J connectivity index is 1.92. The van der Waals surface area contributed by atoms with Crippen LogP contribution in [-0.4, -0.2) is 15.0 Å². The highest BCUT2D eigenvalue weighted by atomic mass is 32.1. The maximum atomic E-state index is 5.44. The van der Waals surface area contributed by atoms with Crippen LogP contribution in [0.5, 0.6) is 0 Å². The van der Waals surface area contributed by atoms with Gasteiger partial charge in [-0.05, 0) is 11.4 Å². The molecule has 0 amide bonds. The van der Waals surface area contributed by atoms with Crippen molar-refractivity contribution < 1.29 is 0 Å². The second-order valence-corrected chi connectivity index (χ2v) is 4.04. The van der Waals surface area contributed by atoms with Crippen molar-refractivity contribution in [1.82, 2.24) is 15.0 Å². The normalized spacial score (nSPS) is 10.6. The van der Waals surface area contributed by atoms with Crippen LogP contribution < -0.4 is 5.73 Å². The fourth-order valence-corrected chi connectivity index (χ4v) is 1.92. The van der Waals surface area contributed by atoms with Gasteiger partial charge < -0.3 is 5.73 Å². The van der Waals surface area contributed by atoms with Crippen molar-refractivity contribution in [3.05, 3.63) is 34.3 Å². The van der Waals surface area contributed by atoms with Crippen LogP contribution in [0.2, 0.25) is 0 Å². The summed E-state index contributed by atoms with van der Waals surface area (Å²) in [4.78, 5) is 1.37. The van der Waals surface area contributed by atoms with Gasteiger partial charge in [-0.2, -0.15) is 0 Å². The van der Waals surface area contributed by atoms with Crippen LogP contribution in [0.1, 0.15) is 10.6 Å². The molecular weight excluding hydrogens is 196 g/mol. The fraction of sp³-hybridized carbons (Fsp3) is 0.333. The monoisotopic (exact) mass is 208 g/mol. The highest BCUT2D eigenvalue weighted by Crippen LogP contribution is 2.09. The zero-order valence-electron chi connectivity index (χ0n) is 7.76. The first-order valence-electron chi connectivity index (χ1n) is 4.50. The van der Waals surface area contributed by atoms with Gasteiger partial charge in [-0.15, -0.1) is 16.4 Å². The van der Waals surface area contributed by atoms with E-state index in [0.717, 1.165) is 18.7 Å². The van der Waals surface area contributed by atoms with Crippen LogP contribution in [0.4, 0.5) is 0 Å². The fourth-order valence-electron chi connectivity index (χ4n) is 1.22. The average Bonchev–Trinajstić information content (AvgIpc) is 2.86. The third kappa shape index (κ3) is 2.18. The summed E-state index contributed by atoms with van der Waals surface area (Å²) >= 11 is 1.77. The van der Waals surface area contributed by atoms with Gasteiger partial charge >= 0.3 is 0 Å². The SMILES string of the molecule is NCc1cn(CCc2cccs2)nn1. The third-order valence-corrected chi connectivity index (χ3v) is 2.90. The van der Waals surface area contributed by atoms with Gasteiger partial charge in [0.15, 0.2) is 0 Å². The number of aryl methyl sites for hydroxylation is 2. The molecule has 0 fully saturated rings. The lowest BCUT2D eigenvalue weighted by Crippen LogP contribution is -2.01. The Bertz CT molecular complexity index is 379. The van der Waals surface area contributed by atoms with Gasteiger partial charge in [0.25, 0.3) is 0 Å². The summed E-state index contributed by atoms with van der Waals surface area (Å²) < 4.78 is 1.84. The minimum Gasteiger partial charge on any atom is -0.325 e. The van der Waals surface area contributed by atoms with Gasteiger partial charge in [-0.1, -0.05) is 11.3 Å². The molecular formula is C9H12N4S. The van der Waals surface area contributed by atoms with Crippen molar-refractivity contribution in [3.8, 4) is 0 Å². The van der Waals surface area contributed by atoms with E-state index in [9.17, 15) is 0 Å². The first-order chi connectivity index (χ1) is 6.88. The first-order valence-corrected chi connectivity index (χ1v) is 5.38. The molecule has 0 saturated heterocycles. The summed E-state index contributed by atoms with van der Waals surface area (Å²) in [5.41, 5.74) is 6.28. The molecule has 4 nitrogen and oxygen atoms in total. The van der Waals surface area contributed by atoms with Crippen molar-refractivity contribution in [2.75, 3.05) is 0 Å². The Morgan fingerprint density at radius 1 is 1.50 bits per heavy atom. The average molecular weight is 208 g/mol. The van der Waals surface area contributed by atoms with Gasteiger partial charge in [-0.25, -0.2) is 0 Å². The number of hydrogen-bond donors (Lipinski definition) is 1. The third-order valence-electron chi connectivity index (χ3n) is 1.96. The van der Waals surface area contributed by atoms with Crippen LogP contribution in [0.3, 0.4) is 0 Å². The van der Waals surface area contributed by atoms with Crippen LogP contribution in [0, 0.1) is 0 Å². The maximum Gasteiger partial charge on any atom is 0.0962 e. The molecule has 5 heteroatoms. The molecule has 2 rings (SSSR count). The second-order valence-electron chi connectivity index (χ2n) is 3.01. The van der Waals surface area contributed by atoms with E-state index in [1.165, 1.54) is 4.88 Å². The van der Waals surface area contributed by atoms with Crippen LogP contribution >= 0.6 is 11.3 Å². The molecule has 2 N–H and O–H groups in total. The quantitative estimate of drug-likeness (QED) is 0.816. The van der Waals surface area contributed by atoms with Crippen LogP contribution in [0.25, 0.3) is 0 Å². The van der Waals surface area contributed by atoms with Gasteiger partial charge in [-0.3, -0.25) is 4.68 Å². The Morgan fingerprint density at radius 2 is 2.43 bits per heavy atom. The van der Waals surface area contributed by atoms with E-state index >= 15 is 0 Å². The standard InChI is InChI=1S/C9H12N4S/c10-6-8-7-13(12-11-8)4-3-9-2-1-5-14-9/h1-2,5,7H,3-4,6,10H2. The molecule has 0 aromatic carbocycles. The first kappa shape index (κ1) is 9.36. The lowest BCUT2D eigenvalue weighted by atomic mass is 10.3. The molecule has 0 bridgehead atoms. The predicted octanol–water partition coefficient (Wildman–Crippen LogP) is 1.04. The number of hydrogen-bond acceptors (Lipinski definition) is 4. The zero-order chi connectivity index (χ0) is 9.80. The molecule has 0 saturated carbocycles. The Kier molecular flexibility index (Phi) is 2.90. The molecule has 14 heavy (non-hydrogen) atoms. The molecule has 2 aromatic rings. The number of thiophene rings is 1. The summed E-state index contributed by atoms with van der Waals surface area (Å²) in [7, 11) is 0. The van der Waals surface area contributed by atoms with E-state index in [1.54, 1.807) is 11.3 Å². The molecule has 2 aromatic heterocycles. The lowest BCUT2D eigenvalue weighted by molar-refractivity contribution is 0.592. The molecule has 74 valence electrons. The Morgan fingerprint density at radius 3 is 3.07 bits per heavy atom. The molecule has 2 heterocycles. The predicted molar refractivity (Wildman–Crippen MR) is 55.9 cm³/mol. The molecule has 0 aliphatic carbocycles. The molecule has 0 unspecified atom stereocenters. The van der Waals surface area contributed by atoms with E-state index in [-0.39, 0.29) is 0 Å². The molecule has 0 radical (unpaired) electrons. The number of nitrogens with zero attached hydrogens (tertiary/aromatic N) is 3. The van der Waals surface area contributed by atoms with E-state index < -0.39 is 0 Å². The van der Waals surface area contributed by atoms with E-state index in [2.05, 4.69) is 27.8 Å². The second kappa shape index (κ2) is 4.34. The number of aromatic nitrogens is 3. The maximum absolute atomic E-state index is 5.44.